The van der Waals surface area contributed by atoms with Crippen LogP contribution in [0.15, 0.2) is 0 Å². The molecule has 0 spiro atoms. The molecule has 0 aromatic rings. The summed E-state index contributed by atoms with van der Waals surface area (Å²) in [5.74, 6) is 0. The second-order valence-corrected chi connectivity index (χ2v) is 10.0. The monoisotopic (exact) mass is 458 g/mol. The van der Waals surface area contributed by atoms with Gasteiger partial charge in [-0.05, 0) is 19.3 Å². The van der Waals surface area contributed by atoms with Crippen molar-refractivity contribution in [3.63, 3.8) is 0 Å². The Bertz CT molecular complexity index is 502. The van der Waals surface area contributed by atoms with Gasteiger partial charge < -0.3 is 18.8 Å². The number of ether oxygens (including phenoxy) is 3. The molecule has 0 aromatic carbocycles. The predicted molar refractivity (Wildman–Crippen MR) is 115 cm³/mol. The summed E-state index contributed by atoms with van der Waals surface area (Å²) in [6.07, 6.45) is 12.9. The van der Waals surface area contributed by atoms with E-state index in [-0.39, 0.29) is 55.8 Å². The first-order chi connectivity index (χ1) is 14.0. The Kier molecular flexibility index (Phi) is 18.7. The van der Waals surface area contributed by atoms with Crippen LogP contribution in [0.3, 0.4) is 0 Å². The maximum absolute atomic E-state index is 12.2. The summed E-state index contributed by atoms with van der Waals surface area (Å²) in [6, 6.07) is 0. The van der Waals surface area contributed by atoms with Crippen molar-refractivity contribution in [1.29, 1.82) is 0 Å². The van der Waals surface area contributed by atoms with Gasteiger partial charge in [-0.3, -0.25) is 0 Å². The molecular formula is C22H43NaO6S. The van der Waals surface area contributed by atoms with Crippen LogP contribution < -0.4 is 29.6 Å². The quantitative estimate of drug-likeness (QED) is 0.177. The molecule has 1 fully saturated rings. The van der Waals surface area contributed by atoms with E-state index in [2.05, 4.69) is 13.8 Å². The summed E-state index contributed by atoms with van der Waals surface area (Å²) in [5, 5.41) is 0. The molecule has 6 nitrogen and oxygen atoms in total. The van der Waals surface area contributed by atoms with Gasteiger partial charge in [0.15, 0.2) is 0 Å². The minimum absolute atomic E-state index is 0. The molecule has 174 valence electrons. The zero-order valence-electron chi connectivity index (χ0n) is 19.7. The Morgan fingerprint density at radius 3 is 2.00 bits per heavy atom. The molecule has 0 aromatic heterocycles. The van der Waals surface area contributed by atoms with E-state index in [0.29, 0.717) is 13.2 Å². The molecule has 30 heavy (non-hydrogen) atoms. The third-order valence-electron chi connectivity index (χ3n) is 5.83. The Labute approximate surface area is 207 Å². The van der Waals surface area contributed by atoms with Crippen LogP contribution in [0, 0.1) is 0 Å². The molecule has 0 radical (unpaired) electrons. The van der Waals surface area contributed by atoms with E-state index in [1.165, 1.54) is 44.9 Å². The molecule has 0 bridgehead atoms. The van der Waals surface area contributed by atoms with E-state index < -0.39 is 21.0 Å². The van der Waals surface area contributed by atoms with Crippen molar-refractivity contribution >= 4 is 10.1 Å². The smallest absolute Gasteiger partial charge is 0.747 e. The van der Waals surface area contributed by atoms with Crippen LogP contribution in [0.4, 0.5) is 0 Å². The summed E-state index contributed by atoms with van der Waals surface area (Å²) in [7, 11) is -4.58. The molecule has 1 saturated heterocycles. The second-order valence-electron chi connectivity index (χ2n) is 8.29. The maximum atomic E-state index is 12.2. The van der Waals surface area contributed by atoms with Gasteiger partial charge in [-0.25, -0.2) is 8.42 Å². The van der Waals surface area contributed by atoms with Gasteiger partial charge in [-0.15, -0.1) is 0 Å². The normalized spacial score (nSPS) is 22.0. The maximum Gasteiger partial charge on any atom is 1.00 e. The Hall–Kier alpha value is 0.790. The van der Waals surface area contributed by atoms with Crippen LogP contribution in [-0.2, 0) is 24.3 Å². The fourth-order valence-electron chi connectivity index (χ4n) is 3.81. The molecule has 1 aliphatic rings. The van der Waals surface area contributed by atoms with Crippen molar-refractivity contribution < 1.29 is 56.7 Å². The molecule has 2 atom stereocenters. The molecule has 1 aliphatic heterocycles. The largest absolute Gasteiger partial charge is 1.00 e. The van der Waals surface area contributed by atoms with Crippen LogP contribution in [-0.4, -0.2) is 56.9 Å². The van der Waals surface area contributed by atoms with Crippen molar-refractivity contribution in [2.75, 3.05) is 33.0 Å². The zero-order chi connectivity index (χ0) is 21.4. The van der Waals surface area contributed by atoms with Gasteiger partial charge >= 0.3 is 29.6 Å². The first kappa shape index (κ1) is 30.8. The van der Waals surface area contributed by atoms with Crippen LogP contribution >= 0.6 is 0 Å². The van der Waals surface area contributed by atoms with Crippen LogP contribution in [0.5, 0.6) is 0 Å². The van der Waals surface area contributed by atoms with Gasteiger partial charge in [0.1, 0.15) is 21.0 Å². The summed E-state index contributed by atoms with van der Waals surface area (Å²) in [4.78, 5) is 0. The minimum Gasteiger partial charge on any atom is -0.747 e. The van der Waals surface area contributed by atoms with Crippen molar-refractivity contribution in [3.8, 4) is 0 Å². The van der Waals surface area contributed by atoms with Gasteiger partial charge in [0.05, 0.1) is 13.2 Å². The van der Waals surface area contributed by atoms with Crippen molar-refractivity contribution in [2.24, 2.45) is 0 Å². The fraction of sp³-hybridized carbons (Fsp3) is 1.00. The number of rotatable bonds is 18. The van der Waals surface area contributed by atoms with E-state index in [1.54, 1.807) is 0 Å². The molecule has 0 N–H and O–H groups in total. The van der Waals surface area contributed by atoms with Crippen LogP contribution in [0.1, 0.15) is 97.3 Å². The predicted octanol–water partition coefficient (Wildman–Crippen LogP) is 1.82. The zero-order valence-corrected chi connectivity index (χ0v) is 22.5. The Morgan fingerprint density at radius 2 is 1.43 bits per heavy atom. The SMILES string of the molecule is CCCCCCCCOCC1(S(=O)(=O)[O-])CCOCC1OCCCCCCCC.[Na+]. The van der Waals surface area contributed by atoms with Gasteiger partial charge in [0.2, 0.25) is 0 Å². The topological polar surface area (TPSA) is 84.9 Å². The van der Waals surface area contributed by atoms with E-state index >= 15 is 0 Å². The molecule has 8 heteroatoms. The van der Waals surface area contributed by atoms with Crippen LogP contribution in [0.25, 0.3) is 0 Å². The summed E-state index contributed by atoms with van der Waals surface area (Å²) in [5.41, 5.74) is 0. The van der Waals surface area contributed by atoms with Gasteiger partial charge in [0, 0.05) is 19.8 Å². The standard InChI is InChI=1S/C22H44O6S.Na/c1-3-5-7-9-11-13-16-27-20-22(29(23,24)25)15-18-26-19-21(22)28-17-14-12-10-8-6-4-2;/h21H,3-20H2,1-2H3,(H,23,24,25);/q;+1/p-1. The Morgan fingerprint density at radius 1 is 0.900 bits per heavy atom. The molecule has 1 rings (SSSR count). The Balaban J connectivity index is 0.00000841. The third kappa shape index (κ3) is 11.6. The molecule has 2 unspecified atom stereocenters. The summed E-state index contributed by atoms with van der Waals surface area (Å²) in [6.45, 7) is 5.59. The van der Waals surface area contributed by atoms with Crippen molar-refractivity contribution in [2.45, 2.75) is 108 Å². The minimum atomic E-state index is -4.58. The first-order valence-corrected chi connectivity index (χ1v) is 13.1. The molecule has 0 aliphatic carbocycles. The third-order valence-corrected chi connectivity index (χ3v) is 7.41. The van der Waals surface area contributed by atoms with Crippen molar-refractivity contribution in [3.05, 3.63) is 0 Å². The van der Waals surface area contributed by atoms with Gasteiger partial charge in [-0.2, -0.15) is 0 Å². The fourth-order valence-corrected chi connectivity index (χ4v) is 4.83. The van der Waals surface area contributed by atoms with Gasteiger partial charge in [0.25, 0.3) is 0 Å². The average molecular weight is 459 g/mol. The van der Waals surface area contributed by atoms with Crippen LogP contribution in [0.2, 0.25) is 0 Å². The average Bonchev–Trinajstić information content (AvgIpc) is 2.69. The summed E-state index contributed by atoms with van der Waals surface area (Å²) < 4.78 is 52.1. The van der Waals surface area contributed by atoms with E-state index in [9.17, 15) is 13.0 Å². The summed E-state index contributed by atoms with van der Waals surface area (Å²) >= 11 is 0. The molecule has 1 heterocycles. The van der Waals surface area contributed by atoms with Crippen molar-refractivity contribution in [1.82, 2.24) is 0 Å². The number of unbranched alkanes of at least 4 members (excludes halogenated alkanes) is 10. The molecule has 0 saturated carbocycles. The van der Waals surface area contributed by atoms with E-state index in [4.69, 9.17) is 14.2 Å². The number of hydrogen-bond acceptors (Lipinski definition) is 6. The number of hydrogen-bond donors (Lipinski definition) is 0. The van der Waals surface area contributed by atoms with Gasteiger partial charge in [-0.1, -0.05) is 78.1 Å². The first-order valence-electron chi connectivity index (χ1n) is 11.7. The second kappa shape index (κ2) is 18.2. The van der Waals surface area contributed by atoms with E-state index in [1.807, 2.05) is 0 Å². The van der Waals surface area contributed by atoms with E-state index in [0.717, 1.165) is 32.1 Å². The molecule has 0 amide bonds. The molecular weight excluding hydrogens is 415 g/mol.